The van der Waals surface area contributed by atoms with Crippen molar-refractivity contribution >= 4 is 21.7 Å². The second-order valence-corrected chi connectivity index (χ2v) is 6.36. The molecular formula is C15H18BrNO. The number of Topliss-reactive ketones (excluding diaryl/α,β-unsaturated/α-hetero) is 1. The molecule has 0 aliphatic carbocycles. The molecule has 2 bridgehead atoms. The van der Waals surface area contributed by atoms with Crippen LogP contribution in [0.25, 0.3) is 0 Å². The monoisotopic (exact) mass is 307 g/mol. The van der Waals surface area contributed by atoms with Crippen LogP contribution in [0.2, 0.25) is 0 Å². The molecule has 2 atom stereocenters. The Hall–Kier alpha value is -0.670. The fraction of sp³-hybridized carbons (Fsp3) is 0.533. The first-order valence-corrected chi connectivity index (χ1v) is 7.53. The normalized spacial score (nSPS) is 27.7. The standard InChI is InChI=1S/C15H18BrNO/c16-12-3-1-11(2-4-12)7-8-17-13-5-6-14(17)10-15(18)9-13/h1-4,13-14H,5-10H2. The summed E-state index contributed by atoms with van der Waals surface area (Å²) in [4.78, 5) is 14.1. The van der Waals surface area contributed by atoms with E-state index in [1.807, 2.05) is 0 Å². The van der Waals surface area contributed by atoms with Crippen molar-refractivity contribution in [1.29, 1.82) is 0 Å². The highest BCUT2D eigenvalue weighted by molar-refractivity contribution is 9.10. The van der Waals surface area contributed by atoms with Gasteiger partial charge in [0.05, 0.1) is 0 Å². The Balaban J connectivity index is 1.61. The van der Waals surface area contributed by atoms with E-state index in [1.165, 1.54) is 18.4 Å². The van der Waals surface area contributed by atoms with Crippen molar-refractivity contribution in [2.45, 2.75) is 44.2 Å². The molecule has 2 fully saturated rings. The van der Waals surface area contributed by atoms with Gasteiger partial charge in [-0.25, -0.2) is 0 Å². The Morgan fingerprint density at radius 2 is 1.72 bits per heavy atom. The van der Waals surface area contributed by atoms with Gasteiger partial charge in [0.1, 0.15) is 5.78 Å². The van der Waals surface area contributed by atoms with Crippen molar-refractivity contribution in [1.82, 2.24) is 4.90 Å². The maximum atomic E-state index is 11.5. The Morgan fingerprint density at radius 1 is 1.11 bits per heavy atom. The Kier molecular flexibility index (Phi) is 3.53. The van der Waals surface area contributed by atoms with Crippen LogP contribution in [-0.2, 0) is 11.2 Å². The van der Waals surface area contributed by atoms with Crippen molar-refractivity contribution in [3.05, 3.63) is 34.3 Å². The molecule has 3 rings (SSSR count). The van der Waals surface area contributed by atoms with Gasteiger partial charge in [-0.2, -0.15) is 0 Å². The van der Waals surface area contributed by atoms with Gasteiger partial charge in [0.2, 0.25) is 0 Å². The van der Waals surface area contributed by atoms with Crippen molar-refractivity contribution < 1.29 is 4.79 Å². The summed E-state index contributed by atoms with van der Waals surface area (Å²) in [5.74, 6) is 0.474. The number of fused-ring (bicyclic) bond motifs is 2. The zero-order valence-electron chi connectivity index (χ0n) is 10.4. The second-order valence-electron chi connectivity index (χ2n) is 5.45. The maximum Gasteiger partial charge on any atom is 0.136 e. The van der Waals surface area contributed by atoms with E-state index < -0.39 is 0 Å². The predicted octanol–water partition coefficient (Wildman–Crippen LogP) is 3.19. The fourth-order valence-electron chi connectivity index (χ4n) is 3.34. The third-order valence-electron chi connectivity index (χ3n) is 4.27. The van der Waals surface area contributed by atoms with E-state index >= 15 is 0 Å². The van der Waals surface area contributed by atoms with Crippen LogP contribution in [0.3, 0.4) is 0 Å². The number of hydrogen-bond acceptors (Lipinski definition) is 2. The summed E-state index contributed by atoms with van der Waals surface area (Å²) in [7, 11) is 0. The molecule has 0 N–H and O–H groups in total. The first-order valence-electron chi connectivity index (χ1n) is 6.74. The number of benzene rings is 1. The van der Waals surface area contributed by atoms with E-state index in [9.17, 15) is 4.79 Å². The largest absolute Gasteiger partial charge is 0.300 e. The topological polar surface area (TPSA) is 20.3 Å². The number of ketones is 1. The van der Waals surface area contributed by atoms with E-state index in [0.717, 1.165) is 30.3 Å². The first kappa shape index (κ1) is 12.4. The van der Waals surface area contributed by atoms with Crippen molar-refractivity contribution in [2.24, 2.45) is 0 Å². The summed E-state index contributed by atoms with van der Waals surface area (Å²) in [6.07, 6.45) is 5.11. The summed E-state index contributed by atoms with van der Waals surface area (Å²) in [6, 6.07) is 9.63. The van der Waals surface area contributed by atoms with Crippen LogP contribution in [0.1, 0.15) is 31.2 Å². The summed E-state index contributed by atoms with van der Waals surface area (Å²) in [5.41, 5.74) is 1.38. The highest BCUT2D eigenvalue weighted by Gasteiger charge is 2.39. The molecule has 0 saturated carbocycles. The SMILES string of the molecule is O=C1CC2CCC(C1)N2CCc1ccc(Br)cc1. The number of piperidine rings is 1. The number of halogens is 1. The van der Waals surface area contributed by atoms with Crippen LogP contribution in [0, 0.1) is 0 Å². The molecule has 18 heavy (non-hydrogen) atoms. The molecule has 2 saturated heterocycles. The zero-order valence-corrected chi connectivity index (χ0v) is 12.0. The maximum absolute atomic E-state index is 11.5. The van der Waals surface area contributed by atoms with E-state index in [-0.39, 0.29) is 0 Å². The minimum atomic E-state index is 0.474. The second kappa shape index (κ2) is 5.14. The van der Waals surface area contributed by atoms with Crippen molar-refractivity contribution in [3.8, 4) is 0 Å². The van der Waals surface area contributed by atoms with E-state index in [1.54, 1.807) is 0 Å². The van der Waals surface area contributed by atoms with Crippen LogP contribution in [-0.4, -0.2) is 29.3 Å². The van der Waals surface area contributed by atoms with Crippen LogP contribution in [0.5, 0.6) is 0 Å². The molecule has 96 valence electrons. The van der Waals surface area contributed by atoms with Crippen LogP contribution in [0.4, 0.5) is 0 Å². The smallest absolute Gasteiger partial charge is 0.136 e. The van der Waals surface area contributed by atoms with E-state index in [4.69, 9.17) is 0 Å². The molecule has 1 aromatic carbocycles. The van der Waals surface area contributed by atoms with Crippen molar-refractivity contribution in [3.63, 3.8) is 0 Å². The van der Waals surface area contributed by atoms with Crippen LogP contribution in [0.15, 0.2) is 28.7 Å². The molecular weight excluding hydrogens is 290 g/mol. The van der Waals surface area contributed by atoms with E-state index in [0.29, 0.717) is 17.9 Å². The Labute approximate surface area is 116 Å². The summed E-state index contributed by atoms with van der Waals surface area (Å²) in [6.45, 7) is 1.10. The zero-order chi connectivity index (χ0) is 12.5. The molecule has 2 unspecified atom stereocenters. The van der Waals surface area contributed by atoms with Gasteiger partial charge in [0.15, 0.2) is 0 Å². The number of rotatable bonds is 3. The molecule has 2 nitrogen and oxygen atoms in total. The highest BCUT2D eigenvalue weighted by Crippen LogP contribution is 2.33. The minimum Gasteiger partial charge on any atom is -0.300 e. The van der Waals surface area contributed by atoms with Gasteiger partial charge in [-0.3, -0.25) is 9.69 Å². The number of carbonyl (C=O) groups is 1. The van der Waals surface area contributed by atoms with Gasteiger partial charge in [0.25, 0.3) is 0 Å². The molecule has 0 radical (unpaired) electrons. The molecule has 1 aromatic rings. The molecule has 2 aliphatic rings. The molecule has 0 aromatic heterocycles. The van der Waals surface area contributed by atoms with Gasteiger partial charge in [-0.15, -0.1) is 0 Å². The van der Waals surface area contributed by atoms with Crippen molar-refractivity contribution in [2.75, 3.05) is 6.54 Å². The third kappa shape index (κ3) is 2.52. The fourth-order valence-corrected chi connectivity index (χ4v) is 3.60. The minimum absolute atomic E-state index is 0.474. The summed E-state index contributed by atoms with van der Waals surface area (Å²) < 4.78 is 1.13. The lowest BCUT2D eigenvalue weighted by Crippen LogP contribution is -2.44. The Morgan fingerprint density at radius 3 is 2.33 bits per heavy atom. The number of carbonyl (C=O) groups excluding carboxylic acids is 1. The quantitative estimate of drug-likeness (QED) is 0.855. The molecule has 2 aliphatic heterocycles. The average Bonchev–Trinajstić information content (AvgIpc) is 2.60. The van der Waals surface area contributed by atoms with E-state index in [2.05, 4.69) is 45.1 Å². The van der Waals surface area contributed by atoms with Gasteiger partial charge in [0, 0.05) is 35.9 Å². The molecule has 3 heteroatoms. The summed E-state index contributed by atoms with van der Waals surface area (Å²) in [5, 5.41) is 0. The molecule has 0 amide bonds. The lowest BCUT2D eigenvalue weighted by Gasteiger charge is -2.33. The third-order valence-corrected chi connectivity index (χ3v) is 4.80. The van der Waals surface area contributed by atoms with Gasteiger partial charge >= 0.3 is 0 Å². The average molecular weight is 308 g/mol. The number of hydrogen-bond donors (Lipinski definition) is 0. The lowest BCUT2D eigenvalue weighted by atomic mass is 10.0. The Bertz CT molecular complexity index is 426. The molecule has 0 spiro atoms. The molecule has 2 heterocycles. The lowest BCUT2D eigenvalue weighted by molar-refractivity contribution is -0.123. The highest BCUT2D eigenvalue weighted by atomic mass is 79.9. The van der Waals surface area contributed by atoms with Gasteiger partial charge in [-0.1, -0.05) is 28.1 Å². The van der Waals surface area contributed by atoms with Crippen LogP contribution >= 0.6 is 15.9 Å². The van der Waals surface area contributed by atoms with Gasteiger partial charge in [-0.05, 0) is 37.0 Å². The predicted molar refractivity (Wildman–Crippen MR) is 75.6 cm³/mol. The van der Waals surface area contributed by atoms with Crippen LogP contribution < -0.4 is 0 Å². The van der Waals surface area contributed by atoms with Gasteiger partial charge < -0.3 is 0 Å². The summed E-state index contributed by atoms with van der Waals surface area (Å²) >= 11 is 3.46. The first-order chi connectivity index (χ1) is 8.72. The number of nitrogens with zero attached hydrogens (tertiary/aromatic N) is 1.